The number of hydrogen-bond donors (Lipinski definition) is 0. The highest BCUT2D eigenvalue weighted by molar-refractivity contribution is 5.97. The fourth-order valence-electron chi connectivity index (χ4n) is 1.91. The van der Waals surface area contributed by atoms with Crippen LogP contribution in [0, 0.1) is 0 Å². The molecule has 0 radical (unpaired) electrons. The van der Waals surface area contributed by atoms with Crippen LogP contribution in [-0.2, 0) is 4.79 Å². The summed E-state index contributed by atoms with van der Waals surface area (Å²) >= 11 is 0. The number of amides is 1. The van der Waals surface area contributed by atoms with Crippen molar-refractivity contribution in [2.45, 2.75) is 19.8 Å². The van der Waals surface area contributed by atoms with Gasteiger partial charge in [0.2, 0.25) is 5.91 Å². The number of benzene rings is 1. The molecule has 4 heteroatoms. The lowest BCUT2D eigenvalue weighted by atomic mass is 10.1. The van der Waals surface area contributed by atoms with E-state index in [1.807, 2.05) is 6.92 Å². The van der Waals surface area contributed by atoms with Crippen LogP contribution in [0.3, 0.4) is 0 Å². The lowest BCUT2D eigenvalue weighted by molar-refractivity contribution is -0.126. The van der Waals surface area contributed by atoms with Gasteiger partial charge in [0.1, 0.15) is 5.75 Å². The molecule has 0 N–H and O–H groups in total. The van der Waals surface area contributed by atoms with Crippen molar-refractivity contribution in [3.63, 3.8) is 0 Å². The van der Waals surface area contributed by atoms with E-state index in [1.165, 1.54) is 6.08 Å². The Morgan fingerprint density at radius 3 is 2.70 bits per heavy atom. The van der Waals surface area contributed by atoms with Gasteiger partial charge < -0.3 is 9.64 Å². The molecule has 0 bridgehead atoms. The van der Waals surface area contributed by atoms with E-state index >= 15 is 0 Å². The second kappa shape index (κ2) is 8.15. The third kappa shape index (κ3) is 4.53. The van der Waals surface area contributed by atoms with Crippen molar-refractivity contribution in [3.8, 4) is 5.75 Å². The Kier molecular flexibility index (Phi) is 6.50. The molecule has 1 aromatic carbocycles. The van der Waals surface area contributed by atoms with Crippen LogP contribution >= 0.6 is 0 Å². The molecule has 1 aromatic rings. The van der Waals surface area contributed by atoms with Crippen LogP contribution in [-0.4, -0.2) is 36.8 Å². The van der Waals surface area contributed by atoms with Crippen molar-refractivity contribution in [3.05, 3.63) is 42.5 Å². The molecule has 0 fully saturated rings. The normalized spacial score (nSPS) is 9.90. The molecule has 0 unspecified atom stereocenters. The Bertz CT molecular complexity index is 482. The summed E-state index contributed by atoms with van der Waals surface area (Å²) in [6, 6.07) is 7.04. The van der Waals surface area contributed by atoms with Gasteiger partial charge in [-0.2, -0.15) is 0 Å². The smallest absolute Gasteiger partial charge is 0.245 e. The minimum Gasteiger partial charge on any atom is -0.497 e. The molecule has 0 saturated heterocycles. The van der Waals surface area contributed by atoms with E-state index < -0.39 is 0 Å². The molecule has 108 valence electrons. The minimum absolute atomic E-state index is 0.00173. The van der Waals surface area contributed by atoms with Gasteiger partial charge in [-0.1, -0.05) is 25.6 Å². The van der Waals surface area contributed by atoms with E-state index in [0.717, 1.165) is 6.42 Å². The second-order valence-electron chi connectivity index (χ2n) is 4.43. The number of hydrogen-bond acceptors (Lipinski definition) is 3. The predicted octanol–water partition coefficient (Wildman–Crippen LogP) is 2.69. The van der Waals surface area contributed by atoms with Crippen molar-refractivity contribution in [1.29, 1.82) is 0 Å². The molecule has 1 rings (SSSR count). The molecule has 0 aliphatic heterocycles. The summed E-state index contributed by atoms with van der Waals surface area (Å²) in [4.78, 5) is 25.4. The number of ether oxygens (including phenoxy) is 1. The van der Waals surface area contributed by atoms with E-state index in [1.54, 1.807) is 36.3 Å². The number of nitrogens with zero attached hydrogens (tertiary/aromatic N) is 1. The van der Waals surface area contributed by atoms with Crippen LogP contribution in [0.1, 0.15) is 30.1 Å². The van der Waals surface area contributed by atoms with Crippen molar-refractivity contribution < 1.29 is 14.3 Å². The molecular formula is C16H21NO3. The number of ketones is 1. The van der Waals surface area contributed by atoms with Gasteiger partial charge in [-0.05, 0) is 24.6 Å². The van der Waals surface area contributed by atoms with Crippen LogP contribution in [0.4, 0.5) is 0 Å². The van der Waals surface area contributed by atoms with Gasteiger partial charge in [-0.3, -0.25) is 9.59 Å². The van der Waals surface area contributed by atoms with E-state index in [2.05, 4.69) is 6.58 Å². The van der Waals surface area contributed by atoms with Crippen molar-refractivity contribution in [2.75, 3.05) is 20.2 Å². The minimum atomic E-state index is -0.134. The van der Waals surface area contributed by atoms with Crippen LogP contribution in [0.15, 0.2) is 36.9 Å². The van der Waals surface area contributed by atoms with Crippen molar-refractivity contribution in [2.24, 2.45) is 0 Å². The molecule has 4 nitrogen and oxygen atoms in total. The summed E-state index contributed by atoms with van der Waals surface area (Å²) < 4.78 is 5.09. The fourth-order valence-corrected chi connectivity index (χ4v) is 1.91. The van der Waals surface area contributed by atoms with E-state index in [4.69, 9.17) is 4.74 Å². The number of Topliss-reactive ketones (excluding diaryl/α,β-unsaturated/α-hetero) is 1. The van der Waals surface area contributed by atoms with E-state index in [9.17, 15) is 9.59 Å². The average Bonchev–Trinajstić information content (AvgIpc) is 2.50. The zero-order valence-corrected chi connectivity index (χ0v) is 12.1. The quantitative estimate of drug-likeness (QED) is 0.541. The van der Waals surface area contributed by atoms with Crippen LogP contribution < -0.4 is 4.74 Å². The first-order chi connectivity index (χ1) is 9.62. The molecule has 0 aliphatic carbocycles. The average molecular weight is 275 g/mol. The zero-order valence-electron chi connectivity index (χ0n) is 12.1. The lowest BCUT2D eigenvalue weighted by Crippen LogP contribution is -2.32. The molecule has 0 aliphatic rings. The summed E-state index contributed by atoms with van der Waals surface area (Å²) in [5, 5.41) is 0. The second-order valence-corrected chi connectivity index (χ2v) is 4.43. The maximum Gasteiger partial charge on any atom is 0.245 e. The standard InChI is InChI=1S/C16H21NO3/c1-4-10-17(16(19)5-2)11-9-15(18)13-7-6-8-14(12-13)20-3/h5-8,12H,2,4,9-11H2,1,3H3. The lowest BCUT2D eigenvalue weighted by Gasteiger charge is -2.19. The first-order valence-corrected chi connectivity index (χ1v) is 6.71. The Balaban J connectivity index is 2.64. The van der Waals surface area contributed by atoms with Gasteiger partial charge in [-0.25, -0.2) is 0 Å². The fraction of sp³-hybridized carbons (Fsp3) is 0.375. The maximum atomic E-state index is 12.1. The third-order valence-electron chi connectivity index (χ3n) is 2.98. The summed E-state index contributed by atoms with van der Waals surface area (Å²) in [5.41, 5.74) is 0.604. The van der Waals surface area contributed by atoms with Gasteiger partial charge in [-0.15, -0.1) is 0 Å². The number of carbonyl (C=O) groups is 2. The molecule has 0 saturated carbocycles. The Hall–Kier alpha value is -2.10. The third-order valence-corrected chi connectivity index (χ3v) is 2.98. The topological polar surface area (TPSA) is 46.6 Å². The van der Waals surface area contributed by atoms with Gasteiger partial charge in [0.05, 0.1) is 7.11 Å². The number of rotatable bonds is 8. The van der Waals surface area contributed by atoms with Gasteiger partial charge in [0, 0.05) is 25.1 Å². The number of carbonyl (C=O) groups excluding carboxylic acids is 2. The van der Waals surface area contributed by atoms with Gasteiger partial charge in [0.25, 0.3) is 0 Å². The predicted molar refractivity (Wildman–Crippen MR) is 79.0 cm³/mol. The Morgan fingerprint density at radius 2 is 2.10 bits per heavy atom. The van der Waals surface area contributed by atoms with Gasteiger partial charge >= 0.3 is 0 Å². The Labute approximate surface area is 120 Å². The highest BCUT2D eigenvalue weighted by Gasteiger charge is 2.13. The molecule has 0 aromatic heterocycles. The van der Waals surface area contributed by atoms with E-state index in [-0.39, 0.29) is 11.7 Å². The first kappa shape index (κ1) is 16.0. The summed E-state index contributed by atoms with van der Waals surface area (Å²) in [7, 11) is 1.56. The molecule has 20 heavy (non-hydrogen) atoms. The SMILES string of the molecule is C=CC(=O)N(CCC)CCC(=O)c1cccc(OC)c1. The highest BCUT2D eigenvalue weighted by atomic mass is 16.5. The van der Waals surface area contributed by atoms with Crippen molar-refractivity contribution >= 4 is 11.7 Å². The molecule has 1 amide bonds. The largest absolute Gasteiger partial charge is 0.497 e. The van der Waals surface area contributed by atoms with Crippen LogP contribution in [0.5, 0.6) is 5.75 Å². The van der Waals surface area contributed by atoms with Gasteiger partial charge in [0.15, 0.2) is 5.78 Å². The molecule has 0 spiro atoms. The summed E-state index contributed by atoms with van der Waals surface area (Å²) in [6.07, 6.45) is 2.44. The van der Waals surface area contributed by atoms with Crippen LogP contribution in [0.2, 0.25) is 0 Å². The van der Waals surface area contributed by atoms with Crippen molar-refractivity contribution in [1.82, 2.24) is 4.90 Å². The summed E-state index contributed by atoms with van der Waals surface area (Å²) in [6.45, 7) is 6.52. The van der Waals surface area contributed by atoms with Crippen LogP contribution in [0.25, 0.3) is 0 Å². The summed E-state index contributed by atoms with van der Waals surface area (Å²) in [5.74, 6) is 0.524. The zero-order chi connectivity index (χ0) is 15.0. The molecule has 0 heterocycles. The molecular weight excluding hydrogens is 254 g/mol. The number of methoxy groups -OCH3 is 1. The maximum absolute atomic E-state index is 12.1. The molecule has 0 atom stereocenters. The monoisotopic (exact) mass is 275 g/mol. The highest BCUT2D eigenvalue weighted by Crippen LogP contribution is 2.14. The Morgan fingerprint density at radius 1 is 1.35 bits per heavy atom. The first-order valence-electron chi connectivity index (χ1n) is 6.71. The van der Waals surface area contributed by atoms with E-state index in [0.29, 0.717) is 30.8 Å².